The van der Waals surface area contributed by atoms with Crippen LogP contribution in [0.5, 0.6) is 0 Å². The zero-order valence-electron chi connectivity index (χ0n) is 9.36. The van der Waals surface area contributed by atoms with Gasteiger partial charge in [-0.25, -0.2) is 0 Å². The molecule has 17 heavy (non-hydrogen) atoms. The van der Waals surface area contributed by atoms with Crippen molar-refractivity contribution < 1.29 is 4.57 Å². The van der Waals surface area contributed by atoms with Gasteiger partial charge in [-0.15, -0.1) is 0 Å². The quantitative estimate of drug-likeness (QED) is 0.606. The topological polar surface area (TPSA) is 3.88 Å². The van der Waals surface area contributed by atoms with Crippen molar-refractivity contribution in [2.45, 2.75) is 10.8 Å². The Balaban J connectivity index is 2.16. The molecule has 0 fully saturated rings. The Labute approximate surface area is 115 Å². The Morgan fingerprint density at radius 2 is 1.76 bits per heavy atom. The lowest BCUT2D eigenvalue weighted by Crippen LogP contribution is -2.29. The number of thioether (sulfide) groups is 1. The van der Waals surface area contributed by atoms with Gasteiger partial charge >= 0.3 is 0 Å². The molecule has 0 N–H and O–H groups in total. The van der Waals surface area contributed by atoms with Crippen molar-refractivity contribution in [2.75, 3.05) is 0 Å². The molecule has 0 amide bonds. The van der Waals surface area contributed by atoms with Gasteiger partial charge in [0.1, 0.15) is 7.05 Å². The minimum atomic E-state index is 0.726. The van der Waals surface area contributed by atoms with Gasteiger partial charge in [-0.2, -0.15) is 4.57 Å². The van der Waals surface area contributed by atoms with Crippen LogP contribution in [0, 0.1) is 0 Å². The molecule has 0 spiro atoms. The zero-order valence-corrected chi connectivity index (χ0v) is 11.7. The van der Waals surface area contributed by atoms with E-state index >= 15 is 0 Å². The van der Waals surface area contributed by atoms with Gasteiger partial charge < -0.3 is 0 Å². The number of hydrogen-bond donors (Lipinski definition) is 0. The Hall–Kier alpha value is -0.700. The van der Waals surface area contributed by atoms with Crippen LogP contribution in [0.4, 0.5) is 0 Å². The number of benzene rings is 1. The van der Waals surface area contributed by atoms with Crippen molar-refractivity contribution >= 4 is 35.0 Å². The summed E-state index contributed by atoms with van der Waals surface area (Å²) in [4.78, 5) is 0. The number of pyridine rings is 1. The molecular weight excluding hydrogens is 273 g/mol. The van der Waals surface area contributed by atoms with Crippen molar-refractivity contribution in [2.24, 2.45) is 7.05 Å². The summed E-state index contributed by atoms with van der Waals surface area (Å²) < 4.78 is 2.08. The maximum Gasteiger partial charge on any atom is 0.240 e. The molecule has 0 unspecified atom stereocenters. The van der Waals surface area contributed by atoms with E-state index in [1.807, 2.05) is 43.6 Å². The SMILES string of the molecule is C[n+]1ccccc1SCc1c(Cl)cccc1Cl. The van der Waals surface area contributed by atoms with Gasteiger partial charge in [0.25, 0.3) is 0 Å². The van der Waals surface area contributed by atoms with E-state index in [0.29, 0.717) is 0 Å². The van der Waals surface area contributed by atoms with E-state index in [0.717, 1.165) is 21.4 Å². The molecule has 0 aliphatic heterocycles. The summed E-state index contributed by atoms with van der Waals surface area (Å²) in [5, 5.41) is 2.63. The van der Waals surface area contributed by atoms with Crippen LogP contribution in [0.1, 0.15) is 5.56 Å². The lowest BCUT2D eigenvalue weighted by atomic mass is 10.2. The second-order valence-corrected chi connectivity index (χ2v) is 5.45. The molecule has 0 radical (unpaired) electrons. The summed E-state index contributed by atoms with van der Waals surface area (Å²) in [6.07, 6.45) is 2.02. The predicted molar refractivity (Wildman–Crippen MR) is 73.6 cm³/mol. The number of hydrogen-bond acceptors (Lipinski definition) is 1. The van der Waals surface area contributed by atoms with Gasteiger partial charge in [0.2, 0.25) is 5.03 Å². The molecule has 1 aromatic carbocycles. The van der Waals surface area contributed by atoms with Gasteiger partial charge in [-0.1, -0.05) is 41.0 Å². The normalized spacial score (nSPS) is 10.5. The van der Waals surface area contributed by atoms with Gasteiger partial charge in [0, 0.05) is 27.9 Å². The molecular formula is C13H12Cl2NS+. The van der Waals surface area contributed by atoms with Gasteiger partial charge in [0.05, 0.1) is 0 Å². The fourth-order valence-corrected chi connectivity index (χ4v) is 3.21. The van der Waals surface area contributed by atoms with Crippen LogP contribution >= 0.6 is 35.0 Å². The molecule has 1 aromatic heterocycles. The van der Waals surface area contributed by atoms with E-state index in [4.69, 9.17) is 23.2 Å². The summed E-state index contributed by atoms with van der Waals surface area (Å²) in [6, 6.07) is 11.7. The molecule has 0 bridgehead atoms. The lowest BCUT2D eigenvalue weighted by Gasteiger charge is -2.05. The minimum Gasteiger partial charge on any atom is -0.196 e. The first kappa shape index (κ1) is 12.7. The Morgan fingerprint density at radius 3 is 2.41 bits per heavy atom. The van der Waals surface area contributed by atoms with E-state index in [9.17, 15) is 0 Å². The number of aryl methyl sites for hydroxylation is 1. The second-order valence-electron chi connectivity index (χ2n) is 3.64. The third-order valence-corrected chi connectivity index (χ3v) is 4.29. The maximum absolute atomic E-state index is 6.13. The number of nitrogens with zero attached hydrogens (tertiary/aromatic N) is 1. The standard InChI is InChI=1S/C13H12Cl2NS/c1-16-8-3-2-7-13(16)17-9-10-11(14)5-4-6-12(10)15/h2-8H,9H2,1H3/q+1. The van der Waals surface area contributed by atoms with E-state index in [2.05, 4.69) is 10.6 Å². The zero-order chi connectivity index (χ0) is 12.3. The van der Waals surface area contributed by atoms with Crippen molar-refractivity contribution in [1.82, 2.24) is 0 Å². The minimum absolute atomic E-state index is 0.726. The first-order valence-electron chi connectivity index (χ1n) is 5.19. The van der Waals surface area contributed by atoms with Crippen LogP contribution in [0.3, 0.4) is 0 Å². The van der Waals surface area contributed by atoms with E-state index < -0.39 is 0 Å². The molecule has 2 rings (SSSR count). The number of rotatable bonds is 3. The Morgan fingerprint density at radius 1 is 1.06 bits per heavy atom. The highest BCUT2D eigenvalue weighted by atomic mass is 35.5. The van der Waals surface area contributed by atoms with E-state index in [1.54, 1.807) is 11.8 Å². The molecule has 1 nitrogen and oxygen atoms in total. The van der Waals surface area contributed by atoms with Gasteiger partial charge in [0.15, 0.2) is 6.20 Å². The third kappa shape index (κ3) is 3.15. The van der Waals surface area contributed by atoms with Crippen molar-refractivity contribution in [3.05, 3.63) is 58.2 Å². The Kier molecular flexibility index (Phi) is 4.32. The van der Waals surface area contributed by atoms with Crippen molar-refractivity contribution in [3.63, 3.8) is 0 Å². The highest BCUT2D eigenvalue weighted by Crippen LogP contribution is 2.30. The number of halogens is 2. The summed E-state index contributed by atoms with van der Waals surface area (Å²) in [5.74, 6) is 0.774. The summed E-state index contributed by atoms with van der Waals surface area (Å²) in [6.45, 7) is 0. The molecule has 0 aliphatic rings. The largest absolute Gasteiger partial charge is 0.240 e. The van der Waals surface area contributed by atoms with E-state index in [-0.39, 0.29) is 0 Å². The smallest absolute Gasteiger partial charge is 0.196 e. The average molecular weight is 285 g/mol. The molecule has 2 aromatic rings. The predicted octanol–water partition coefficient (Wildman–Crippen LogP) is 4.11. The molecule has 0 aliphatic carbocycles. The summed E-state index contributed by atoms with van der Waals surface area (Å²) in [5.41, 5.74) is 0.990. The van der Waals surface area contributed by atoms with Crippen LogP contribution in [0.25, 0.3) is 0 Å². The van der Waals surface area contributed by atoms with Crippen LogP contribution in [-0.4, -0.2) is 0 Å². The van der Waals surface area contributed by atoms with Crippen LogP contribution in [0.2, 0.25) is 10.0 Å². The lowest BCUT2D eigenvalue weighted by molar-refractivity contribution is -0.708. The molecule has 88 valence electrons. The van der Waals surface area contributed by atoms with Crippen molar-refractivity contribution in [3.8, 4) is 0 Å². The first-order chi connectivity index (χ1) is 8.18. The molecule has 1 heterocycles. The molecule has 0 saturated heterocycles. The van der Waals surface area contributed by atoms with E-state index in [1.165, 1.54) is 5.03 Å². The second kappa shape index (κ2) is 5.76. The van der Waals surface area contributed by atoms with Crippen LogP contribution < -0.4 is 4.57 Å². The Bertz CT molecular complexity index is 508. The fraction of sp³-hybridized carbons (Fsp3) is 0.154. The maximum atomic E-state index is 6.13. The average Bonchev–Trinajstić information content (AvgIpc) is 2.30. The highest BCUT2D eigenvalue weighted by Gasteiger charge is 2.10. The van der Waals surface area contributed by atoms with Crippen molar-refractivity contribution in [1.29, 1.82) is 0 Å². The molecule has 0 atom stereocenters. The van der Waals surface area contributed by atoms with Crippen LogP contribution in [0.15, 0.2) is 47.6 Å². The molecule has 4 heteroatoms. The highest BCUT2D eigenvalue weighted by molar-refractivity contribution is 7.98. The fourth-order valence-electron chi connectivity index (χ4n) is 1.47. The summed E-state index contributed by atoms with van der Waals surface area (Å²) >= 11 is 14.0. The third-order valence-electron chi connectivity index (χ3n) is 2.43. The van der Waals surface area contributed by atoms with Crippen LogP contribution in [-0.2, 0) is 12.8 Å². The molecule has 0 saturated carbocycles. The number of aromatic nitrogens is 1. The van der Waals surface area contributed by atoms with Gasteiger partial charge in [-0.05, 0) is 23.8 Å². The first-order valence-corrected chi connectivity index (χ1v) is 6.93. The van der Waals surface area contributed by atoms with Gasteiger partial charge in [-0.3, -0.25) is 0 Å². The monoisotopic (exact) mass is 284 g/mol. The summed E-state index contributed by atoms with van der Waals surface area (Å²) in [7, 11) is 2.02.